The van der Waals surface area contributed by atoms with Crippen LogP contribution in [-0.4, -0.2) is 4.57 Å². The summed E-state index contributed by atoms with van der Waals surface area (Å²) in [6, 6.07) is 9.39. The van der Waals surface area contributed by atoms with E-state index < -0.39 is 11.7 Å². The van der Waals surface area contributed by atoms with E-state index in [4.69, 9.17) is 0 Å². The van der Waals surface area contributed by atoms with E-state index in [1.807, 2.05) is 30.5 Å². The molecule has 0 radical (unpaired) electrons. The van der Waals surface area contributed by atoms with E-state index in [-0.39, 0.29) is 0 Å². The van der Waals surface area contributed by atoms with Crippen LogP contribution in [-0.2, 0) is 12.7 Å². The van der Waals surface area contributed by atoms with Crippen molar-refractivity contribution in [1.82, 2.24) is 4.57 Å². The second-order valence-electron chi connectivity index (χ2n) is 4.40. The first kappa shape index (κ1) is 12.7. The fourth-order valence-electron chi connectivity index (χ4n) is 1.98. The van der Waals surface area contributed by atoms with Crippen LogP contribution in [0.4, 0.5) is 13.2 Å². The summed E-state index contributed by atoms with van der Waals surface area (Å²) in [5.41, 5.74) is 2.16. The Bertz CT molecular complexity index is 533. The fraction of sp³-hybridized carbons (Fsp3) is 0.286. The Morgan fingerprint density at radius 3 is 2.17 bits per heavy atom. The van der Waals surface area contributed by atoms with Crippen LogP contribution < -0.4 is 0 Å². The highest BCUT2D eigenvalue weighted by Crippen LogP contribution is 2.29. The molecule has 0 atom stereocenters. The SMILES string of the molecule is Cc1ccc(C)n1Cc1cccc(C(F)(F)F)c1. The third-order valence-corrected chi connectivity index (χ3v) is 3.01. The standard InChI is InChI=1S/C14H14F3N/c1-10-6-7-11(2)18(10)9-12-4-3-5-13(8-12)14(15,16)17/h3-8H,9H2,1-2H3. The molecule has 1 aromatic carbocycles. The minimum Gasteiger partial charge on any atom is -0.345 e. The molecule has 96 valence electrons. The normalized spacial score (nSPS) is 11.8. The van der Waals surface area contributed by atoms with Gasteiger partial charge in [-0.05, 0) is 43.7 Å². The Hall–Kier alpha value is -1.71. The van der Waals surface area contributed by atoms with Crippen molar-refractivity contribution >= 4 is 0 Å². The van der Waals surface area contributed by atoms with Crippen LogP contribution in [0, 0.1) is 13.8 Å². The number of benzene rings is 1. The number of alkyl halides is 3. The van der Waals surface area contributed by atoms with Gasteiger partial charge in [-0.25, -0.2) is 0 Å². The van der Waals surface area contributed by atoms with Gasteiger partial charge in [-0.1, -0.05) is 12.1 Å². The van der Waals surface area contributed by atoms with E-state index in [2.05, 4.69) is 0 Å². The second kappa shape index (κ2) is 4.52. The fourth-order valence-corrected chi connectivity index (χ4v) is 1.98. The third kappa shape index (κ3) is 2.58. The zero-order chi connectivity index (χ0) is 13.3. The molecule has 0 aliphatic heterocycles. The van der Waals surface area contributed by atoms with E-state index in [0.29, 0.717) is 12.1 Å². The number of rotatable bonds is 2. The largest absolute Gasteiger partial charge is 0.416 e. The summed E-state index contributed by atoms with van der Waals surface area (Å²) >= 11 is 0. The third-order valence-electron chi connectivity index (χ3n) is 3.01. The van der Waals surface area contributed by atoms with E-state index in [1.54, 1.807) is 6.07 Å². The van der Waals surface area contributed by atoms with E-state index in [1.165, 1.54) is 12.1 Å². The van der Waals surface area contributed by atoms with Gasteiger partial charge in [0.05, 0.1) is 5.56 Å². The lowest BCUT2D eigenvalue weighted by Gasteiger charge is -2.12. The van der Waals surface area contributed by atoms with Gasteiger partial charge in [0.1, 0.15) is 0 Å². The molecule has 1 aromatic heterocycles. The summed E-state index contributed by atoms with van der Waals surface area (Å²) in [7, 11) is 0. The molecule has 4 heteroatoms. The molecule has 0 fully saturated rings. The van der Waals surface area contributed by atoms with Crippen LogP contribution in [0.2, 0.25) is 0 Å². The zero-order valence-corrected chi connectivity index (χ0v) is 10.3. The molecule has 2 aromatic rings. The van der Waals surface area contributed by atoms with Crippen molar-refractivity contribution < 1.29 is 13.2 Å². The average molecular weight is 253 g/mol. The molecule has 0 amide bonds. The lowest BCUT2D eigenvalue weighted by Crippen LogP contribution is -2.08. The molecule has 18 heavy (non-hydrogen) atoms. The Labute approximate surface area is 104 Å². The van der Waals surface area contributed by atoms with Crippen LogP contribution in [0.15, 0.2) is 36.4 Å². The first-order valence-electron chi connectivity index (χ1n) is 5.67. The van der Waals surface area contributed by atoms with Crippen molar-refractivity contribution in [3.05, 3.63) is 58.9 Å². The molecule has 1 heterocycles. The van der Waals surface area contributed by atoms with E-state index in [0.717, 1.165) is 17.5 Å². The highest BCUT2D eigenvalue weighted by molar-refractivity contribution is 5.27. The van der Waals surface area contributed by atoms with Gasteiger partial charge in [0.15, 0.2) is 0 Å². The molecule has 0 aliphatic carbocycles. The quantitative estimate of drug-likeness (QED) is 0.757. The molecular formula is C14H14F3N. The molecule has 1 nitrogen and oxygen atoms in total. The Kier molecular flexibility index (Phi) is 3.20. The van der Waals surface area contributed by atoms with Crippen LogP contribution in [0.3, 0.4) is 0 Å². The van der Waals surface area contributed by atoms with Crippen molar-refractivity contribution in [2.45, 2.75) is 26.6 Å². The van der Waals surface area contributed by atoms with Crippen molar-refractivity contribution in [3.63, 3.8) is 0 Å². The second-order valence-corrected chi connectivity index (χ2v) is 4.40. The van der Waals surface area contributed by atoms with Crippen LogP contribution >= 0.6 is 0 Å². The summed E-state index contributed by atoms with van der Waals surface area (Å²) < 4.78 is 39.8. The summed E-state index contributed by atoms with van der Waals surface area (Å²) in [4.78, 5) is 0. The van der Waals surface area contributed by atoms with Crippen LogP contribution in [0.1, 0.15) is 22.5 Å². The molecule has 0 unspecified atom stereocenters. The van der Waals surface area contributed by atoms with Crippen molar-refractivity contribution in [2.75, 3.05) is 0 Å². The van der Waals surface area contributed by atoms with Gasteiger partial charge in [-0.2, -0.15) is 13.2 Å². The zero-order valence-electron chi connectivity index (χ0n) is 10.3. The van der Waals surface area contributed by atoms with Crippen molar-refractivity contribution in [1.29, 1.82) is 0 Å². The predicted molar refractivity (Wildman–Crippen MR) is 64.5 cm³/mol. The summed E-state index contributed by atoms with van der Waals surface area (Å²) in [6.07, 6.45) is -4.28. The van der Waals surface area contributed by atoms with Crippen molar-refractivity contribution in [3.8, 4) is 0 Å². The number of hydrogen-bond donors (Lipinski definition) is 0. The monoisotopic (exact) mass is 253 g/mol. The maximum atomic E-state index is 12.6. The molecule has 0 saturated heterocycles. The average Bonchev–Trinajstić information content (AvgIpc) is 2.60. The van der Waals surface area contributed by atoms with Gasteiger partial charge < -0.3 is 4.57 Å². The highest BCUT2D eigenvalue weighted by atomic mass is 19.4. The molecule has 0 aliphatic rings. The van der Waals surface area contributed by atoms with E-state index >= 15 is 0 Å². The molecule has 2 rings (SSSR count). The first-order valence-corrected chi connectivity index (χ1v) is 5.67. The number of nitrogens with zero attached hydrogens (tertiary/aromatic N) is 1. The molecule has 0 N–H and O–H groups in total. The lowest BCUT2D eigenvalue weighted by molar-refractivity contribution is -0.137. The number of halogens is 3. The van der Waals surface area contributed by atoms with Crippen molar-refractivity contribution in [2.24, 2.45) is 0 Å². The minimum absolute atomic E-state index is 0.467. The maximum Gasteiger partial charge on any atom is 0.416 e. The summed E-state index contributed by atoms with van der Waals surface area (Å²) in [5.74, 6) is 0. The van der Waals surface area contributed by atoms with Gasteiger partial charge in [0.2, 0.25) is 0 Å². The highest BCUT2D eigenvalue weighted by Gasteiger charge is 2.30. The Morgan fingerprint density at radius 1 is 1.00 bits per heavy atom. The molecule has 0 saturated carbocycles. The van der Waals surface area contributed by atoms with Gasteiger partial charge in [0, 0.05) is 17.9 Å². The summed E-state index contributed by atoms with van der Waals surface area (Å²) in [5, 5.41) is 0. The van der Waals surface area contributed by atoms with Gasteiger partial charge in [-0.15, -0.1) is 0 Å². The summed E-state index contributed by atoms with van der Waals surface area (Å²) in [6.45, 7) is 4.36. The van der Waals surface area contributed by atoms with E-state index in [9.17, 15) is 13.2 Å². The Balaban J connectivity index is 2.31. The minimum atomic E-state index is -4.28. The Morgan fingerprint density at radius 2 is 1.61 bits per heavy atom. The van der Waals surface area contributed by atoms with Crippen LogP contribution in [0.5, 0.6) is 0 Å². The number of aryl methyl sites for hydroxylation is 2. The predicted octanol–water partition coefficient (Wildman–Crippen LogP) is 4.17. The van der Waals surface area contributed by atoms with Gasteiger partial charge in [0.25, 0.3) is 0 Å². The first-order chi connectivity index (χ1) is 8.38. The topological polar surface area (TPSA) is 4.93 Å². The van der Waals surface area contributed by atoms with Gasteiger partial charge >= 0.3 is 6.18 Å². The molecule has 0 spiro atoms. The van der Waals surface area contributed by atoms with Gasteiger partial charge in [-0.3, -0.25) is 0 Å². The maximum absolute atomic E-state index is 12.6. The number of aromatic nitrogens is 1. The molecular weight excluding hydrogens is 239 g/mol. The number of hydrogen-bond acceptors (Lipinski definition) is 0. The van der Waals surface area contributed by atoms with Crippen LogP contribution in [0.25, 0.3) is 0 Å². The lowest BCUT2D eigenvalue weighted by atomic mass is 10.1. The molecule has 0 bridgehead atoms. The smallest absolute Gasteiger partial charge is 0.345 e.